The Labute approximate surface area is 112 Å². The van der Waals surface area contributed by atoms with Gasteiger partial charge in [0.05, 0.1) is 6.61 Å². The van der Waals surface area contributed by atoms with Crippen molar-refractivity contribution in [3.05, 3.63) is 0 Å². The van der Waals surface area contributed by atoms with Gasteiger partial charge in [-0.05, 0) is 24.7 Å². The minimum Gasteiger partial charge on any atom is -0.311 e. The highest BCUT2D eigenvalue weighted by atomic mass is 19.4. The monoisotopic (exact) mass is 280 g/mol. The Morgan fingerprint density at radius 2 is 2.00 bits per heavy atom. The molecule has 2 unspecified atom stereocenters. The standard InChI is InChI=1S/C13H23F3N2O/c1-9(2)12-7-17-11(10-3-4-10)8-18(12)5-6-19-13(14,15)16/h9-12,17H,3-8H2,1-2H3. The molecule has 2 rings (SSSR count). The molecule has 6 heteroatoms. The topological polar surface area (TPSA) is 24.5 Å². The van der Waals surface area contributed by atoms with Gasteiger partial charge in [0.2, 0.25) is 0 Å². The molecule has 0 bridgehead atoms. The van der Waals surface area contributed by atoms with Gasteiger partial charge in [-0.15, -0.1) is 13.2 Å². The lowest BCUT2D eigenvalue weighted by molar-refractivity contribution is -0.325. The molecule has 2 fully saturated rings. The van der Waals surface area contributed by atoms with Gasteiger partial charge in [-0.3, -0.25) is 9.64 Å². The molecule has 1 saturated carbocycles. The van der Waals surface area contributed by atoms with Crippen LogP contribution in [0.4, 0.5) is 13.2 Å². The van der Waals surface area contributed by atoms with Gasteiger partial charge >= 0.3 is 6.36 Å². The van der Waals surface area contributed by atoms with Gasteiger partial charge in [0.15, 0.2) is 0 Å². The Hall–Kier alpha value is -0.330. The van der Waals surface area contributed by atoms with E-state index < -0.39 is 6.36 Å². The number of nitrogens with one attached hydrogen (secondary N) is 1. The molecule has 19 heavy (non-hydrogen) atoms. The van der Waals surface area contributed by atoms with Crippen molar-refractivity contribution in [1.29, 1.82) is 0 Å². The second-order valence-electron chi connectivity index (χ2n) is 5.95. The Kier molecular flexibility index (Phi) is 4.74. The number of hydrogen-bond acceptors (Lipinski definition) is 3. The Bertz CT molecular complexity index is 292. The smallest absolute Gasteiger partial charge is 0.311 e. The fraction of sp³-hybridized carbons (Fsp3) is 1.00. The summed E-state index contributed by atoms with van der Waals surface area (Å²) in [5.41, 5.74) is 0. The number of ether oxygens (including phenoxy) is 1. The van der Waals surface area contributed by atoms with E-state index in [1.807, 2.05) is 0 Å². The number of rotatable bonds is 5. The van der Waals surface area contributed by atoms with Crippen molar-refractivity contribution in [2.75, 3.05) is 26.2 Å². The van der Waals surface area contributed by atoms with Crippen molar-refractivity contribution in [1.82, 2.24) is 10.2 Å². The summed E-state index contributed by atoms with van der Waals surface area (Å²) in [5, 5.41) is 3.54. The summed E-state index contributed by atoms with van der Waals surface area (Å²) in [6.07, 6.45) is -2.02. The normalized spacial score (nSPS) is 30.0. The SMILES string of the molecule is CC(C)C1CNC(C2CC2)CN1CCOC(F)(F)F. The number of piperazine rings is 1. The predicted octanol–water partition coefficient (Wildman–Crippen LogP) is 2.23. The predicted molar refractivity (Wildman–Crippen MR) is 66.7 cm³/mol. The second kappa shape index (κ2) is 5.97. The maximum Gasteiger partial charge on any atom is 0.522 e. The van der Waals surface area contributed by atoms with Gasteiger partial charge < -0.3 is 5.32 Å². The van der Waals surface area contributed by atoms with Crippen molar-refractivity contribution in [2.45, 2.75) is 45.1 Å². The van der Waals surface area contributed by atoms with Gasteiger partial charge in [0, 0.05) is 31.7 Å². The molecule has 0 aromatic rings. The summed E-state index contributed by atoms with van der Waals surface area (Å²) in [6.45, 7) is 6.01. The van der Waals surface area contributed by atoms with Crippen molar-refractivity contribution in [2.24, 2.45) is 11.8 Å². The van der Waals surface area contributed by atoms with Crippen LogP contribution in [0.15, 0.2) is 0 Å². The van der Waals surface area contributed by atoms with Crippen LogP contribution in [-0.2, 0) is 4.74 Å². The van der Waals surface area contributed by atoms with Crippen LogP contribution < -0.4 is 5.32 Å². The number of alkyl halides is 3. The Morgan fingerprint density at radius 3 is 2.53 bits per heavy atom. The van der Waals surface area contributed by atoms with Gasteiger partial charge in [-0.1, -0.05) is 13.8 Å². The summed E-state index contributed by atoms with van der Waals surface area (Å²) in [5.74, 6) is 1.15. The average molecular weight is 280 g/mol. The quantitative estimate of drug-likeness (QED) is 0.836. The Morgan fingerprint density at radius 1 is 1.32 bits per heavy atom. The molecule has 2 atom stereocenters. The molecule has 3 nitrogen and oxygen atoms in total. The highest BCUT2D eigenvalue weighted by Crippen LogP contribution is 2.34. The van der Waals surface area contributed by atoms with Crippen molar-refractivity contribution < 1.29 is 17.9 Å². The van der Waals surface area contributed by atoms with E-state index >= 15 is 0 Å². The molecule has 1 aliphatic heterocycles. The van der Waals surface area contributed by atoms with Crippen molar-refractivity contribution >= 4 is 0 Å². The van der Waals surface area contributed by atoms with Crippen LogP contribution in [0.25, 0.3) is 0 Å². The summed E-state index contributed by atoms with van der Waals surface area (Å²) >= 11 is 0. The lowest BCUT2D eigenvalue weighted by Gasteiger charge is -2.42. The molecule has 0 aromatic carbocycles. The molecule has 112 valence electrons. The first-order chi connectivity index (χ1) is 8.87. The number of nitrogens with zero attached hydrogens (tertiary/aromatic N) is 1. The third kappa shape index (κ3) is 4.61. The molecule has 1 saturated heterocycles. The molecule has 0 amide bonds. The van der Waals surface area contributed by atoms with E-state index in [0.29, 0.717) is 24.5 Å². The van der Waals surface area contributed by atoms with E-state index in [2.05, 4.69) is 28.8 Å². The van der Waals surface area contributed by atoms with E-state index in [4.69, 9.17) is 0 Å². The fourth-order valence-corrected chi connectivity index (χ4v) is 2.86. The molecule has 2 aliphatic rings. The molecule has 1 heterocycles. The third-order valence-electron chi connectivity index (χ3n) is 4.09. The lowest BCUT2D eigenvalue weighted by Crippen LogP contribution is -2.59. The lowest BCUT2D eigenvalue weighted by atomic mass is 9.97. The molecule has 0 radical (unpaired) electrons. The number of hydrogen-bond donors (Lipinski definition) is 1. The van der Waals surface area contributed by atoms with Gasteiger partial charge in [-0.2, -0.15) is 0 Å². The maximum atomic E-state index is 12.0. The van der Waals surface area contributed by atoms with E-state index in [9.17, 15) is 13.2 Å². The first kappa shape index (κ1) is 15.1. The van der Waals surface area contributed by atoms with Crippen LogP contribution in [0.1, 0.15) is 26.7 Å². The van der Waals surface area contributed by atoms with Gasteiger partial charge in [-0.25, -0.2) is 0 Å². The maximum absolute atomic E-state index is 12.0. The Balaban J connectivity index is 1.84. The van der Waals surface area contributed by atoms with Crippen LogP contribution >= 0.6 is 0 Å². The zero-order chi connectivity index (χ0) is 14.0. The molecular formula is C13H23F3N2O. The van der Waals surface area contributed by atoms with E-state index in [1.165, 1.54) is 12.8 Å². The first-order valence-corrected chi connectivity index (χ1v) is 7.05. The molecule has 0 spiro atoms. The van der Waals surface area contributed by atoms with E-state index in [1.54, 1.807) is 0 Å². The van der Waals surface area contributed by atoms with Crippen LogP contribution in [0.2, 0.25) is 0 Å². The number of halogens is 3. The summed E-state index contributed by atoms with van der Waals surface area (Å²) in [7, 11) is 0. The third-order valence-corrected chi connectivity index (χ3v) is 4.09. The van der Waals surface area contributed by atoms with Gasteiger partial charge in [0.25, 0.3) is 0 Å². The average Bonchev–Trinajstić information content (AvgIpc) is 3.10. The van der Waals surface area contributed by atoms with Crippen LogP contribution in [0.5, 0.6) is 0 Å². The molecule has 0 aromatic heterocycles. The summed E-state index contributed by atoms with van der Waals surface area (Å²) in [6, 6.07) is 0.743. The molecular weight excluding hydrogens is 257 g/mol. The minimum absolute atomic E-state index is 0.274. The molecule has 1 aliphatic carbocycles. The largest absolute Gasteiger partial charge is 0.522 e. The minimum atomic E-state index is -4.52. The highest BCUT2D eigenvalue weighted by Gasteiger charge is 2.38. The van der Waals surface area contributed by atoms with E-state index in [-0.39, 0.29) is 6.61 Å². The van der Waals surface area contributed by atoms with Crippen LogP contribution in [0, 0.1) is 11.8 Å². The van der Waals surface area contributed by atoms with E-state index in [0.717, 1.165) is 19.0 Å². The fourth-order valence-electron chi connectivity index (χ4n) is 2.86. The first-order valence-electron chi connectivity index (χ1n) is 7.05. The summed E-state index contributed by atoms with van der Waals surface area (Å²) < 4.78 is 40.0. The zero-order valence-electron chi connectivity index (χ0n) is 11.5. The van der Waals surface area contributed by atoms with Crippen molar-refractivity contribution in [3.8, 4) is 0 Å². The van der Waals surface area contributed by atoms with Crippen molar-refractivity contribution in [3.63, 3.8) is 0 Å². The van der Waals surface area contributed by atoms with Crippen LogP contribution in [0.3, 0.4) is 0 Å². The van der Waals surface area contributed by atoms with Gasteiger partial charge in [0.1, 0.15) is 0 Å². The van der Waals surface area contributed by atoms with Crippen LogP contribution in [-0.4, -0.2) is 49.6 Å². The highest BCUT2D eigenvalue weighted by molar-refractivity contribution is 4.95. The second-order valence-corrected chi connectivity index (χ2v) is 5.95. The zero-order valence-corrected chi connectivity index (χ0v) is 11.5. The summed E-state index contributed by atoms with van der Waals surface area (Å²) in [4.78, 5) is 2.16. The molecule has 1 N–H and O–H groups in total.